The van der Waals surface area contributed by atoms with E-state index in [0.29, 0.717) is 17.0 Å². The minimum absolute atomic E-state index is 0.124. The summed E-state index contributed by atoms with van der Waals surface area (Å²) in [5.41, 5.74) is 0.773. The largest absolute Gasteiger partial charge is 0.343 e. The third kappa shape index (κ3) is 4.57. The molecule has 0 saturated heterocycles. The zero-order valence-electron chi connectivity index (χ0n) is 19.5. The molecule has 0 unspecified atom stereocenters. The number of nitrogens with one attached hydrogen (secondary N) is 2. The molecule has 0 atom stereocenters. The maximum atomic E-state index is 13.6. The molecule has 0 aliphatic carbocycles. The molecule has 2 N–H and O–H groups in total. The second kappa shape index (κ2) is 9.27. The van der Waals surface area contributed by atoms with Gasteiger partial charge in [-0.25, -0.2) is 4.39 Å². The van der Waals surface area contributed by atoms with Gasteiger partial charge in [-0.3, -0.25) is 19.4 Å². The summed E-state index contributed by atoms with van der Waals surface area (Å²) >= 11 is 0. The Morgan fingerprint density at radius 1 is 1.15 bits per heavy atom. The summed E-state index contributed by atoms with van der Waals surface area (Å²) in [7, 11) is 1.61. The lowest BCUT2D eigenvalue weighted by atomic mass is 9.98. The molecule has 2 aromatic heterocycles. The molecule has 3 aromatic rings. The number of pyridine rings is 1. The van der Waals surface area contributed by atoms with Crippen molar-refractivity contribution in [1.82, 2.24) is 14.9 Å². The Hall–Kier alpha value is -4.32. The molecule has 3 rings (SSSR count). The Kier molecular flexibility index (Phi) is 6.63. The van der Waals surface area contributed by atoms with Crippen molar-refractivity contribution >= 4 is 23.3 Å². The van der Waals surface area contributed by atoms with E-state index >= 15 is 0 Å². The fraction of sp³-hybridized carbons (Fsp3) is 0.240. The SMILES string of the molecule is Cc1c(C(=O)C(=O)NC(C)(C)c2ccccn2)c(C)n(C)c1C(=O)Nc1ccc(F)c(C#N)c1. The zero-order chi connectivity index (χ0) is 25.2. The first-order valence-electron chi connectivity index (χ1n) is 10.4. The van der Waals surface area contributed by atoms with Crippen molar-refractivity contribution < 1.29 is 18.8 Å². The zero-order valence-corrected chi connectivity index (χ0v) is 19.5. The number of anilines is 1. The normalized spacial score (nSPS) is 11.0. The van der Waals surface area contributed by atoms with Gasteiger partial charge in [0.1, 0.15) is 17.6 Å². The number of hydrogen-bond acceptors (Lipinski definition) is 5. The molecule has 0 fully saturated rings. The first kappa shape index (κ1) is 24.3. The number of nitrogens with zero attached hydrogens (tertiary/aromatic N) is 3. The van der Waals surface area contributed by atoms with Gasteiger partial charge in [-0.15, -0.1) is 0 Å². The lowest BCUT2D eigenvalue weighted by Gasteiger charge is -2.25. The summed E-state index contributed by atoms with van der Waals surface area (Å²) < 4.78 is 15.1. The average Bonchev–Trinajstić information content (AvgIpc) is 3.02. The van der Waals surface area contributed by atoms with Crippen molar-refractivity contribution in [3.63, 3.8) is 0 Å². The number of nitriles is 1. The smallest absolute Gasteiger partial charge is 0.293 e. The van der Waals surface area contributed by atoms with E-state index in [1.54, 1.807) is 65.2 Å². The number of hydrogen-bond donors (Lipinski definition) is 2. The van der Waals surface area contributed by atoms with E-state index in [-0.39, 0.29) is 22.5 Å². The van der Waals surface area contributed by atoms with E-state index in [2.05, 4.69) is 15.6 Å². The van der Waals surface area contributed by atoms with Crippen LogP contribution >= 0.6 is 0 Å². The van der Waals surface area contributed by atoms with Crippen molar-refractivity contribution in [3.05, 3.63) is 82.2 Å². The van der Waals surface area contributed by atoms with Gasteiger partial charge in [-0.2, -0.15) is 5.26 Å². The molecule has 1 aromatic carbocycles. The van der Waals surface area contributed by atoms with E-state index < -0.39 is 29.0 Å². The summed E-state index contributed by atoms with van der Waals surface area (Å²) in [6, 6.07) is 10.6. The lowest BCUT2D eigenvalue weighted by molar-refractivity contribution is -0.118. The standard InChI is InChI=1S/C25H24FN5O3/c1-14-20(22(32)24(34)30-25(3,4)19-8-6-7-11-28-19)15(2)31(5)21(14)23(33)29-17-9-10-18(26)16(12-17)13-27/h6-12H,1-5H3,(H,29,33)(H,30,34). The molecule has 0 aliphatic rings. The Labute approximate surface area is 196 Å². The molecule has 8 nitrogen and oxygen atoms in total. The van der Waals surface area contributed by atoms with Gasteiger partial charge >= 0.3 is 0 Å². The number of benzene rings is 1. The van der Waals surface area contributed by atoms with Crippen molar-refractivity contribution in [3.8, 4) is 6.07 Å². The molecule has 2 amide bonds. The molecule has 0 saturated carbocycles. The van der Waals surface area contributed by atoms with Crippen molar-refractivity contribution in [2.75, 3.05) is 5.32 Å². The van der Waals surface area contributed by atoms with E-state index in [1.807, 2.05) is 0 Å². The van der Waals surface area contributed by atoms with Crippen LogP contribution in [0.2, 0.25) is 0 Å². The Morgan fingerprint density at radius 3 is 2.47 bits per heavy atom. The Bertz CT molecular complexity index is 1340. The first-order chi connectivity index (χ1) is 16.0. The first-order valence-corrected chi connectivity index (χ1v) is 10.4. The third-order valence-electron chi connectivity index (χ3n) is 5.65. The Balaban J connectivity index is 1.88. The van der Waals surface area contributed by atoms with Crippen molar-refractivity contribution in [2.45, 2.75) is 33.2 Å². The maximum Gasteiger partial charge on any atom is 0.293 e. The summed E-state index contributed by atoms with van der Waals surface area (Å²) in [6.45, 7) is 6.70. The maximum absolute atomic E-state index is 13.6. The van der Waals surface area contributed by atoms with E-state index in [0.717, 1.165) is 6.07 Å². The fourth-order valence-corrected chi connectivity index (χ4v) is 3.76. The molecule has 34 heavy (non-hydrogen) atoms. The number of ketones is 1. The number of halogens is 1. The second-order valence-electron chi connectivity index (χ2n) is 8.38. The van der Waals surface area contributed by atoms with E-state index in [1.165, 1.54) is 16.7 Å². The third-order valence-corrected chi connectivity index (χ3v) is 5.65. The highest BCUT2D eigenvalue weighted by molar-refractivity contribution is 6.43. The molecule has 0 aliphatic heterocycles. The van der Waals surface area contributed by atoms with Gasteiger partial charge in [0, 0.05) is 24.6 Å². The van der Waals surface area contributed by atoms with Gasteiger partial charge < -0.3 is 15.2 Å². The Morgan fingerprint density at radius 2 is 1.85 bits per heavy atom. The highest BCUT2D eigenvalue weighted by Crippen LogP contribution is 2.25. The highest BCUT2D eigenvalue weighted by atomic mass is 19.1. The van der Waals surface area contributed by atoms with Crippen LogP contribution in [0, 0.1) is 31.0 Å². The van der Waals surface area contributed by atoms with Gasteiger partial charge in [0.2, 0.25) is 0 Å². The summed E-state index contributed by atoms with van der Waals surface area (Å²) in [6.07, 6.45) is 1.60. The second-order valence-corrected chi connectivity index (χ2v) is 8.38. The van der Waals surface area contributed by atoms with Gasteiger partial charge in [0.05, 0.1) is 22.4 Å². The van der Waals surface area contributed by atoms with Crippen LogP contribution in [0.4, 0.5) is 10.1 Å². The predicted molar refractivity (Wildman–Crippen MR) is 124 cm³/mol. The number of amides is 2. The molecule has 174 valence electrons. The van der Waals surface area contributed by atoms with E-state index in [4.69, 9.17) is 5.26 Å². The molecule has 9 heteroatoms. The van der Waals surface area contributed by atoms with Crippen LogP contribution in [0.15, 0.2) is 42.6 Å². The molecule has 0 bridgehead atoms. The number of rotatable bonds is 6. The fourth-order valence-electron chi connectivity index (χ4n) is 3.76. The number of Topliss-reactive ketones (excluding diaryl/α,β-unsaturated/α-hetero) is 1. The van der Waals surface area contributed by atoms with Crippen LogP contribution in [0.25, 0.3) is 0 Å². The van der Waals surface area contributed by atoms with Gasteiger partial charge in [-0.1, -0.05) is 6.07 Å². The predicted octanol–water partition coefficient (Wildman–Crippen LogP) is 3.53. The molecule has 2 heterocycles. The van der Waals surface area contributed by atoms with Crippen molar-refractivity contribution in [1.29, 1.82) is 5.26 Å². The van der Waals surface area contributed by atoms with Gasteiger partial charge in [0.15, 0.2) is 0 Å². The summed E-state index contributed by atoms with van der Waals surface area (Å²) in [4.78, 5) is 43.2. The number of carbonyl (C=O) groups excluding carboxylic acids is 3. The highest BCUT2D eigenvalue weighted by Gasteiger charge is 2.32. The number of aromatic nitrogens is 2. The summed E-state index contributed by atoms with van der Waals surface area (Å²) in [5.74, 6) is -2.86. The average molecular weight is 461 g/mol. The molecule has 0 radical (unpaired) electrons. The summed E-state index contributed by atoms with van der Waals surface area (Å²) in [5, 5.41) is 14.3. The van der Waals surface area contributed by atoms with E-state index in [9.17, 15) is 18.8 Å². The number of carbonyl (C=O) groups is 3. The van der Waals surface area contributed by atoms with Crippen LogP contribution in [-0.4, -0.2) is 27.1 Å². The van der Waals surface area contributed by atoms with Crippen LogP contribution in [0.5, 0.6) is 0 Å². The molecular weight excluding hydrogens is 437 g/mol. The van der Waals surface area contributed by atoms with Crippen LogP contribution in [0.3, 0.4) is 0 Å². The lowest BCUT2D eigenvalue weighted by Crippen LogP contribution is -2.45. The van der Waals surface area contributed by atoms with Crippen LogP contribution in [0.1, 0.15) is 57.2 Å². The van der Waals surface area contributed by atoms with Crippen LogP contribution in [-0.2, 0) is 17.4 Å². The minimum atomic E-state index is -0.897. The van der Waals surface area contributed by atoms with Crippen LogP contribution < -0.4 is 10.6 Å². The van der Waals surface area contributed by atoms with Gasteiger partial charge in [0.25, 0.3) is 17.6 Å². The topological polar surface area (TPSA) is 117 Å². The molecular formula is C25H24FN5O3. The molecule has 0 spiro atoms. The van der Waals surface area contributed by atoms with Crippen molar-refractivity contribution in [2.24, 2.45) is 7.05 Å². The monoisotopic (exact) mass is 461 g/mol. The quantitative estimate of drug-likeness (QED) is 0.430. The minimum Gasteiger partial charge on any atom is -0.343 e. The van der Waals surface area contributed by atoms with Gasteiger partial charge in [-0.05, 0) is 63.6 Å².